The molecule has 0 fully saturated rings. The van der Waals surface area contributed by atoms with Crippen molar-refractivity contribution in [2.45, 2.75) is 11.3 Å². The van der Waals surface area contributed by atoms with Crippen molar-refractivity contribution in [2.75, 3.05) is 31.6 Å². The van der Waals surface area contributed by atoms with Gasteiger partial charge in [-0.25, -0.2) is 13.1 Å². The van der Waals surface area contributed by atoms with Crippen LogP contribution in [0.1, 0.15) is 5.56 Å². The molecule has 0 aromatic heterocycles. The molecule has 2 aromatic carbocycles. The molecule has 1 N–H and O–H groups in total. The first-order valence-corrected chi connectivity index (χ1v) is 9.54. The zero-order chi connectivity index (χ0) is 17.2. The van der Waals surface area contributed by atoms with Crippen LogP contribution in [-0.4, -0.2) is 35.2 Å². The van der Waals surface area contributed by atoms with E-state index >= 15 is 0 Å². The summed E-state index contributed by atoms with van der Waals surface area (Å²) in [5, 5.41) is 0.665. The maximum absolute atomic E-state index is 12.4. The fraction of sp³-hybridized carbons (Fsp3) is 0.294. The Hall–Kier alpha value is -1.76. The molecule has 3 rings (SSSR count). The molecule has 1 heterocycles. The standard InChI is InChI=1S/C17H19ClN2O3S/c1-20-10-11-23-17-12-15(6-7-16(17)20)24(21,22)19-9-8-13-2-4-14(18)5-3-13/h2-7,12,19H,8-11H2,1H3. The average Bonchev–Trinajstić information content (AvgIpc) is 2.56. The van der Waals surface area contributed by atoms with E-state index in [2.05, 4.69) is 4.72 Å². The quantitative estimate of drug-likeness (QED) is 0.883. The molecular weight excluding hydrogens is 348 g/mol. The Morgan fingerprint density at radius 3 is 2.71 bits per heavy atom. The van der Waals surface area contributed by atoms with Gasteiger partial charge in [-0.05, 0) is 36.2 Å². The summed E-state index contributed by atoms with van der Waals surface area (Å²) >= 11 is 5.84. The number of ether oxygens (including phenoxy) is 1. The molecule has 0 unspecified atom stereocenters. The number of fused-ring (bicyclic) bond motifs is 1. The lowest BCUT2D eigenvalue weighted by Crippen LogP contribution is -2.29. The summed E-state index contributed by atoms with van der Waals surface area (Å²) in [6, 6.07) is 12.3. The first-order chi connectivity index (χ1) is 11.5. The zero-order valence-electron chi connectivity index (χ0n) is 13.3. The van der Waals surface area contributed by atoms with E-state index in [4.69, 9.17) is 16.3 Å². The molecule has 24 heavy (non-hydrogen) atoms. The molecule has 1 aliphatic rings. The fourth-order valence-corrected chi connectivity index (χ4v) is 3.74. The third-order valence-electron chi connectivity index (χ3n) is 3.96. The van der Waals surface area contributed by atoms with Crippen molar-refractivity contribution in [1.29, 1.82) is 0 Å². The van der Waals surface area contributed by atoms with Gasteiger partial charge >= 0.3 is 0 Å². The van der Waals surface area contributed by atoms with Crippen LogP contribution >= 0.6 is 11.6 Å². The van der Waals surface area contributed by atoms with Crippen LogP contribution in [0.15, 0.2) is 47.4 Å². The van der Waals surface area contributed by atoms with Crippen LogP contribution in [0, 0.1) is 0 Å². The van der Waals surface area contributed by atoms with Crippen LogP contribution in [0.25, 0.3) is 0 Å². The van der Waals surface area contributed by atoms with Gasteiger partial charge in [-0.2, -0.15) is 0 Å². The third-order valence-corrected chi connectivity index (χ3v) is 5.67. The van der Waals surface area contributed by atoms with Crippen molar-refractivity contribution >= 4 is 27.3 Å². The highest BCUT2D eigenvalue weighted by atomic mass is 35.5. The monoisotopic (exact) mass is 366 g/mol. The van der Waals surface area contributed by atoms with Gasteiger partial charge in [0.05, 0.1) is 17.1 Å². The SMILES string of the molecule is CN1CCOc2cc(S(=O)(=O)NCCc3ccc(Cl)cc3)ccc21. The molecule has 0 radical (unpaired) electrons. The van der Waals surface area contributed by atoms with E-state index in [1.807, 2.05) is 24.1 Å². The smallest absolute Gasteiger partial charge is 0.240 e. The Bertz CT molecular complexity index is 822. The van der Waals surface area contributed by atoms with Gasteiger partial charge in [0, 0.05) is 24.7 Å². The Labute approximate surface area is 147 Å². The van der Waals surface area contributed by atoms with Crippen molar-refractivity contribution in [2.24, 2.45) is 0 Å². The largest absolute Gasteiger partial charge is 0.490 e. The normalized spacial score (nSPS) is 14.2. The topological polar surface area (TPSA) is 58.6 Å². The summed E-state index contributed by atoms with van der Waals surface area (Å²) in [7, 11) is -1.61. The van der Waals surface area contributed by atoms with Gasteiger partial charge in [0.25, 0.3) is 0 Å². The lowest BCUT2D eigenvalue weighted by Gasteiger charge is -2.27. The molecule has 0 aliphatic carbocycles. The van der Waals surface area contributed by atoms with E-state index < -0.39 is 10.0 Å². The summed E-state index contributed by atoms with van der Waals surface area (Å²) in [5.74, 6) is 0.601. The highest BCUT2D eigenvalue weighted by molar-refractivity contribution is 7.89. The maximum atomic E-state index is 12.4. The van der Waals surface area contributed by atoms with Crippen molar-refractivity contribution in [3.63, 3.8) is 0 Å². The second kappa shape index (κ2) is 7.01. The number of rotatable bonds is 5. The van der Waals surface area contributed by atoms with Crippen LogP contribution in [0.3, 0.4) is 0 Å². The third kappa shape index (κ3) is 3.83. The molecule has 0 spiro atoms. The van der Waals surface area contributed by atoms with E-state index in [0.29, 0.717) is 30.3 Å². The van der Waals surface area contributed by atoms with E-state index in [9.17, 15) is 8.42 Å². The maximum Gasteiger partial charge on any atom is 0.240 e. The number of hydrogen-bond donors (Lipinski definition) is 1. The summed E-state index contributed by atoms with van der Waals surface area (Å²) in [5.41, 5.74) is 1.93. The molecule has 0 saturated carbocycles. The lowest BCUT2D eigenvalue weighted by molar-refractivity contribution is 0.310. The van der Waals surface area contributed by atoms with E-state index in [1.54, 1.807) is 30.3 Å². The Kier molecular flexibility index (Phi) is 4.99. The first kappa shape index (κ1) is 17.1. The van der Waals surface area contributed by atoms with Gasteiger partial charge in [-0.1, -0.05) is 23.7 Å². The number of likely N-dealkylation sites (N-methyl/N-ethyl adjacent to an activating group) is 1. The van der Waals surface area contributed by atoms with Crippen LogP contribution in [0.5, 0.6) is 5.75 Å². The fourth-order valence-electron chi connectivity index (χ4n) is 2.57. The van der Waals surface area contributed by atoms with Crippen molar-refractivity contribution in [3.05, 3.63) is 53.1 Å². The number of nitrogens with one attached hydrogen (secondary N) is 1. The average molecular weight is 367 g/mol. The second-order valence-corrected chi connectivity index (χ2v) is 7.88. The number of anilines is 1. The minimum absolute atomic E-state index is 0.215. The minimum Gasteiger partial charge on any atom is -0.490 e. The molecule has 0 atom stereocenters. The summed E-state index contributed by atoms with van der Waals surface area (Å²) in [6.45, 7) is 1.66. The highest BCUT2D eigenvalue weighted by Crippen LogP contribution is 2.32. The van der Waals surface area contributed by atoms with Gasteiger partial charge in [0.2, 0.25) is 10.0 Å². The van der Waals surface area contributed by atoms with Gasteiger partial charge in [0.1, 0.15) is 12.4 Å². The molecule has 0 amide bonds. The zero-order valence-corrected chi connectivity index (χ0v) is 14.9. The lowest BCUT2D eigenvalue weighted by atomic mass is 10.2. The van der Waals surface area contributed by atoms with Crippen LogP contribution in [0.2, 0.25) is 5.02 Å². The summed E-state index contributed by atoms with van der Waals surface area (Å²) in [4.78, 5) is 2.26. The highest BCUT2D eigenvalue weighted by Gasteiger charge is 2.20. The Morgan fingerprint density at radius 1 is 1.21 bits per heavy atom. The van der Waals surface area contributed by atoms with Gasteiger partial charge < -0.3 is 9.64 Å². The first-order valence-electron chi connectivity index (χ1n) is 7.68. The van der Waals surface area contributed by atoms with Gasteiger partial charge in [-0.3, -0.25) is 0 Å². The van der Waals surface area contributed by atoms with E-state index in [-0.39, 0.29) is 4.90 Å². The number of benzene rings is 2. The van der Waals surface area contributed by atoms with E-state index in [0.717, 1.165) is 17.8 Å². The molecular formula is C17H19ClN2O3S. The molecule has 0 saturated heterocycles. The number of sulfonamides is 1. The van der Waals surface area contributed by atoms with Crippen molar-refractivity contribution in [1.82, 2.24) is 4.72 Å². The molecule has 1 aliphatic heterocycles. The molecule has 0 bridgehead atoms. The van der Waals surface area contributed by atoms with Gasteiger partial charge in [0.15, 0.2) is 0 Å². The molecule has 128 valence electrons. The van der Waals surface area contributed by atoms with E-state index in [1.165, 1.54) is 0 Å². The predicted molar refractivity (Wildman–Crippen MR) is 95.6 cm³/mol. The van der Waals surface area contributed by atoms with Crippen LogP contribution in [-0.2, 0) is 16.4 Å². The van der Waals surface area contributed by atoms with Gasteiger partial charge in [-0.15, -0.1) is 0 Å². The number of nitrogens with zero attached hydrogens (tertiary/aromatic N) is 1. The number of halogens is 1. The van der Waals surface area contributed by atoms with Crippen LogP contribution in [0.4, 0.5) is 5.69 Å². The Morgan fingerprint density at radius 2 is 1.96 bits per heavy atom. The predicted octanol–water partition coefficient (Wildman–Crippen LogP) is 2.69. The Balaban J connectivity index is 1.68. The number of hydrogen-bond acceptors (Lipinski definition) is 4. The minimum atomic E-state index is -3.56. The van der Waals surface area contributed by atoms with Crippen molar-refractivity contribution in [3.8, 4) is 5.75 Å². The summed E-state index contributed by atoms with van der Waals surface area (Å²) < 4.78 is 33.1. The summed E-state index contributed by atoms with van der Waals surface area (Å²) in [6.07, 6.45) is 0.598. The molecule has 2 aromatic rings. The van der Waals surface area contributed by atoms with Crippen LogP contribution < -0.4 is 14.4 Å². The second-order valence-electron chi connectivity index (χ2n) is 5.67. The molecule has 5 nitrogen and oxygen atoms in total. The molecule has 7 heteroatoms. The van der Waals surface area contributed by atoms with Crippen molar-refractivity contribution < 1.29 is 13.2 Å².